The molecule has 1 aliphatic carbocycles. The van der Waals surface area contributed by atoms with E-state index in [1.807, 2.05) is 0 Å². The molecule has 1 aromatic rings. The van der Waals surface area contributed by atoms with Gasteiger partial charge in [-0.05, 0) is 25.8 Å². The molecule has 0 unspecified atom stereocenters. The second-order valence-corrected chi connectivity index (χ2v) is 4.62. The van der Waals surface area contributed by atoms with Gasteiger partial charge in [0.1, 0.15) is 0 Å². The van der Waals surface area contributed by atoms with Gasteiger partial charge in [-0.3, -0.25) is 14.9 Å². The van der Waals surface area contributed by atoms with Crippen molar-refractivity contribution < 1.29 is 14.8 Å². The number of hydrogen-bond acceptors (Lipinski definition) is 5. The van der Waals surface area contributed by atoms with E-state index in [1.54, 1.807) is 17.9 Å². The molecular formula is C12H15N3O4. The van der Waals surface area contributed by atoms with E-state index in [2.05, 4.69) is 4.98 Å². The van der Waals surface area contributed by atoms with Gasteiger partial charge in [-0.2, -0.15) is 0 Å². The minimum Gasteiger partial charge on any atom is -0.481 e. The molecule has 0 bridgehead atoms. The Morgan fingerprint density at radius 1 is 1.58 bits per heavy atom. The fourth-order valence-corrected chi connectivity index (χ4v) is 1.95. The zero-order chi connectivity index (χ0) is 14.0. The summed E-state index contributed by atoms with van der Waals surface area (Å²) in [5, 5.41) is 19.8. The van der Waals surface area contributed by atoms with Gasteiger partial charge in [0.2, 0.25) is 5.82 Å². The van der Waals surface area contributed by atoms with Crippen molar-refractivity contribution >= 4 is 17.5 Å². The number of carboxylic acid groups (broad SMARTS) is 1. The molecule has 0 aromatic carbocycles. The number of rotatable bonds is 6. The first-order chi connectivity index (χ1) is 8.99. The van der Waals surface area contributed by atoms with Crippen LogP contribution in [0.5, 0.6) is 0 Å². The van der Waals surface area contributed by atoms with Gasteiger partial charge in [0.05, 0.1) is 11.3 Å². The number of hydrogen-bond donors (Lipinski definition) is 1. The van der Waals surface area contributed by atoms with Crippen molar-refractivity contribution in [2.75, 3.05) is 11.4 Å². The second kappa shape index (κ2) is 5.21. The van der Waals surface area contributed by atoms with Gasteiger partial charge >= 0.3 is 11.7 Å². The number of anilines is 1. The quantitative estimate of drug-likeness (QED) is 0.621. The van der Waals surface area contributed by atoms with E-state index < -0.39 is 10.9 Å². The number of nitro groups is 1. The van der Waals surface area contributed by atoms with E-state index in [-0.39, 0.29) is 30.5 Å². The van der Waals surface area contributed by atoms with Crippen molar-refractivity contribution in [3.8, 4) is 0 Å². The number of pyridine rings is 1. The summed E-state index contributed by atoms with van der Waals surface area (Å²) in [5.41, 5.74) is 0.615. The van der Waals surface area contributed by atoms with Crippen LogP contribution < -0.4 is 4.90 Å². The first kappa shape index (κ1) is 13.3. The minimum atomic E-state index is -0.916. The highest BCUT2D eigenvalue weighted by molar-refractivity contribution is 5.68. The maximum atomic E-state index is 11.0. The molecule has 102 valence electrons. The predicted octanol–water partition coefficient (Wildman–Crippen LogP) is 1.74. The lowest BCUT2D eigenvalue weighted by Crippen LogP contribution is -2.30. The number of aromatic nitrogens is 1. The van der Waals surface area contributed by atoms with Gasteiger partial charge in [-0.15, -0.1) is 0 Å². The molecule has 19 heavy (non-hydrogen) atoms. The minimum absolute atomic E-state index is 0.0523. The summed E-state index contributed by atoms with van der Waals surface area (Å²) in [5.74, 6) is -0.630. The fraction of sp³-hybridized carbons (Fsp3) is 0.500. The predicted molar refractivity (Wildman–Crippen MR) is 68.2 cm³/mol. The average molecular weight is 265 g/mol. The van der Waals surface area contributed by atoms with Crippen molar-refractivity contribution in [1.29, 1.82) is 0 Å². The van der Waals surface area contributed by atoms with Crippen molar-refractivity contribution in [3.05, 3.63) is 27.9 Å². The molecule has 1 heterocycles. The van der Waals surface area contributed by atoms with Crippen LogP contribution in [0.25, 0.3) is 0 Å². The first-order valence-electron chi connectivity index (χ1n) is 6.09. The number of aliphatic carboxylic acids is 1. The van der Waals surface area contributed by atoms with Gasteiger partial charge in [0, 0.05) is 24.3 Å². The normalized spacial score (nSPS) is 14.2. The zero-order valence-electron chi connectivity index (χ0n) is 10.6. The fourth-order valence-electron chi connectivity index (χ4n) is 1.95. The molecular weight excluding hydrogens is 250 g/mol. The summed E-state index contributed by atoms with van der Waals surface area (Å²) in [7, 11) is 0. The Labute approximate surface area is 110 Å². The highest BCUT2D eigenvalue weighted by atomic mass is 16.6. The standard InChI is InChI=1S/C12H15N3O4/c1-8-2-5-10(15(18)19)12(13-8)14(9-3-4-9)7-6-11(16)17/h2,5,9H,3-4,6-7H2,1H3,(H,16,17). The van der Waals surface area contributed by atoms with E-state index in [1.165, 1.54) is 6.07 Å². The molecule has 1 saturated carbocycles. The summed E-state index contributed by atoms with van der Waals surface area (Å²) in [6, 6.07) is 3.19. The maximum Gasteiger partial charge on any atom is 0.311 e. The van der Waals surface area contributed by atoms with Crippen LogP contribution in [0.3, 0.4) is 0 Å². The van der Waals surface area contributed by atoms with Crippen LogP contribution in [0.4, 0.5) is 11.5 Å². The molecule has 2 rings (SSSR count). The van der Waals surface area contributed by atoms with Crippen LogP contribution in [-0.2, 0) is 4.79 Å². The molecule has 0 atom stereocenters. The van der Waals surface area contributed by atoms with Gasteiger partial charge in [0.25, 0.3) is 0 Å². The molecule has 1 N–H and O–H groups in total. The topological polar surface area (TPSA) is 96.6 Å². The van der Waals surface area contributed by atoms with Crippen molar-refractivity contribution in [1.82, 2.24) is 4.98 Å². The lowest BCUT2D eigenvalue weighted by Gasteiger charge is -2.22. The van der Waals surface area contributed by atoms with Crippen molar-refractivity contribution in [3.63, 3.8) is 0 Å². The van der Waals surface area contributed by atoms with E-state index in [4.69, 9.17) is 5.11 Å². The molecule has 0 amide bonds. The monoisotopic (exact) mass is 265 g/mol. The molecule has 7 nitrogen and oxygen atoms in total. The molecule has 0 aliphatic heterocycles. The van der Waals surface area contributed by atoms with Gasteiger partial charge in [-0.25, -0.2) is 4.98 Å². The summed E-state index contributed by atoms with van der Waals surface area (Å²) < 4.78 is 0. The number of aryl methyl sites for hydroxylation is 1. The first-order valence-corrected chi connectivity index (χ1v) is 6.09. The van der Waals surface area contributed by atoms with E-state index in [9.17, 15) is 14.9 Å². The van der Waals surface area contributed by atoms with Gasteiger partial charge in [-0.1, -0.05) is 0 Å². The Morgan fingerprint density at radius 3 is 2.79 bits per heavy atom. The maximum absolute atomic E-state index is 11.0. The lowest BCUT2D eigenvalue weighted by molar-refractivity contribution is -0.384. The van der Waals surface area contributed by atoms with Crippen LogP contribution in [0, 0.1) is 17.0 Å². The summed E-state index contributed by atoms with van der Waals surface area (Å²) in [6.45, 7) is 2.01. The smallest absolute Gasteiger partial charge is 0.311 e. The zero-order valence-corrected chi connectivity index (χ0v) is 10.6. The molecule has 0 spiro atoms. The Hall–Kier alpha value is -2.18. The van der Waals surface area contributed by atoms with Crippen molar-refractivity contribution in [2.24, 2.45) is 0 Å². The van der Waals surface area contributed by atoms with Crippen LogP contribution in [-0.4, -0.2) is 33.6 Å². The average Bonchev–Trinajstić information content (AvgIpc) is 3.13. The lowest BCUT2D eigenvalue weighted by atomic mass is 10.3. The van der Waals surface area contributed by atoms with Crippen LogP contribution >= 0.6 is 0 Å². The van der Waals surface area contributed by atoms with E-state index in [0.29, 0.717) is 5.69 Å². The summed E-state index contributed by atoms with van der Waals surface area (Å²) in [4.78, 5) is 27.2. The molecule has 7 heteroatoms. The molecule has 1 fully saturated rings. The Morgan fingerprint density at radius 2 is 2.26 bits per heavy atom. The number of nitrogens with zero attached hydrogens (tertiary/aromatic N) is 3. The molecule has 1 aromatic heterocycles. The van der Waals surface area contributed by atoms with E-state index >= 15 is 0 Å². The summed E-state index contributed by atoms with van der Waals surface area (Å²) in [6.07, 6.45) is 1.79. The second-order valence-electron chi connectivity index (χ2n) is 4.62. The SMILES string of the molecule is Cc1ccc([N+](=O)[O-])c(N(CCC(=O)O)C2CC2)n1. The Kier molecular flexibility index (Phi) is 3.64. The van der Waals surface area contributed by atoms with Gasteiger partial charge in [0.15, 0.2) is 0 Å². The Bertz CT molecular complexity index is 514. The highest BCUT2D eigenvalue weighted by Crippen LogP contribution is 2.35. The van der Waals surface area contributed by atoms with Crippen LogP contribution in [0.1, 0.15) is 25.0 Å². The van der Waals surface area contributed by atoms with E-state index in [0.717, 1.165) is 12.8 Å². The van der Waals surface area contributed by atoms with Crippen LogP contribution in [0.2, 0.25) is 0 Å². The molecule has 0 saturated heterocycles. The molecule has 1 aliphatic rings. The third-order valence-electron chi connectivity index (χ3n) is 3.02. The molecule has 0 radical (unpaired) electrons. The number of carboxylic acids is 1. The van der Waals surface area contributed by atoms with Crippen molar-refractivity contribution in [2.45, 2.75) is 32.2 Å². The third kappa shape index (κ3) is 3.18. The number of carbonyl (C=O) groups is 1. The van der Waals surface area contributed by atoms with Gasteiger partial charge < -0.3 is 10.0 Å². The van der Waals surface area contributed by atoms with Crippen LogP contribution in [0.15, 0.2) is 12.1 Å². The summed E-state index contributed by atoms with van der Waals surface area (Å²) >= 11 is 0. The Balaban J connectivity index is 2.32. The largest absolute Gasteiger partial charge is 0.481 e. The highest BCUT2D eigenvalue weighted by Gasteiger charge is 2.34. The third-order valence-corrected chi connectivity index (χ3v) is 3.02.